The van der Waals surface area contributed by atoms with E-state index in [1.807, 2.05) is 36.7 Å². The van der Waals surface area contributed by atoms with Crippen molar-refractivity contribution in [3.8, 4) is 0 Å². The summed E-state index contributed by atoms with van der Waals surface area (Å²) in [6.45, 7) is 8.82. The predicted octanol–water partition coefficient (Wildman–Crippen LogP) is 2.67. The van der Waals surface area contributed by atoms with Crippen molar-refractivity contribution in [2.24, 2.45) is 5.92 Å². The molecule has 0 unspecified atom stereocenters. The average Bonchev–Trinajstić information content (AvgIpc) is 2.98. The van der Waals surface area contributed by atoms with Crippen LogP contribution in [0.1, 0.15) is 38.1 Å². The van der Waals surface area contributed by atoms with Gasteiger partial charge in [-0.15, -0.1) is 0 Å². The second-order valence-electron chi connectivity index (χ2n) is 6.21. The maximum absolute atomic E-state index is 12.3. The minimum atomic E-state index is -0.179. The summed E-state index contributed by atoms with van der Waals surface area (Å²) in [7, 11) is 0. The number of aryl methyl sites for hydroxylation is 1. The smallest absolute Gasteiger partial charge is 0.315 e. The van der Waals surface area contributed by atoms with Gasteiger partial charge in [0, 0.05) is 31.2 Å². The first-order chi connectivity index (χ1) is 11.0. The van der Waals surface area contributed by atoms with Gasteiger partial charge in [0.25, 0.3) is 0 Å². The van der Waals surface area contributed by atoms with Crippen LogP contribution in [0.25, 0.3) is 0 Å². The number of carbonyl (C=O) groups is 1. The third-order valence-corrected chi connectivity index (χ3v) is 3.72. The molecule has 124 valence electrons. The van der Waals surface area contributed by atoms with E-state index in [-0.39, 0.29) is 24.0 Å². The standard InChI is InChI=1S/C17H25N5O/c1-12(2)15(16-13(3)6-5-7-19-16)21-17(23)20-14(4)10-22-9-8-18-11-22/h5-9,11-12,14-15H,10H2,1-4H3,(H2,20,21,23)/t14-,15+/m0/s1. The number of urea groups is 1. The molecule has 0 saturated heterocycles. The SMILES string of the molecule is Cc1cccnc1[C@H](NC(=O)N[C@@H](C)Cn1ccnc1)C(C)C. The van der Waals surface area contributed by atoms with Crippen LogP contribution in [-0.2, 0) is 6.54 Å². The number of imidazole rings is 1. The average molecular weight is 315 g/mol. The van der Waals surface area contributed by atoms with Crippen LogP contribution in [0.2, 0.25) is 0 Å². The van der Waals surface area contributed by atoms with Crippen LogP contribution in [0.3, 0.4) is 0 Å². The summed E-state index contributed by atoms with van der Waals surface area (Å²) in [5, 5.41) is 6.01. The number of carbonyl (C=O) groups excluding carboxylic acids is 1. The maximum Gasteiger partial charge on any atom is 0.315 e. The van der Waals surface area contributed by atoms with Gasteiger partial charge in [-0.1, -0.05) is 19.9 Å². The summed E-state index contributed by atoms with van der Waals surface area (Å²) in [4.78, 5) is 20.7. The number of hydrogen-bond donors (Lipinski definition) is 2. The first-order valence-corrected chi connectivity index (χ1v) is 7.91. The zero-order valence-electron chi connectivity index (χ0n) is 14.2. The second-order valence-corrected chi connectivity index (χ2v) is 6.21. The minimum absolute atomic E-state index is 0.00171. The van der Waals surface area contributed by atoms with Crippen LogP contribution < -0.4 is 10.6 Å². The molecule has 2 aromatic rings. The predicted molar refractivity (Wildman–Crippen MR) is 89.9 cm³/mol. The Morgan fingerprint density at radius 2 is 2.04 bits per heavy atom. The normalized spacial score (nSPS) is 13.6. The fraction of sp³-hybridized carbons (Fsp3) is 0.471. The van der Waals surface area contributed by atoms with Gasteiger partial charge in [0.05, 0.1) is 18.1 Å². The largest absolute Gasteiger partial charge is 0.335 e. The lowest BCUT2D eigenvalue weighted by molar-refractivity contribution is 0.228. The molecule has 0 bridgehead atoms. The van der Waals surface area contributed by atoms with Gasteiger partial charge >= 0.3 is 6.03 Å². The van der Waals surface area contributed by atoms with E-state index < -0.39 is 0 Å². The molecular formula is C17H25N5O. The van der Waals surface area contributed by atoms with Gasteiger partial charge < -0.3 is 15.2 Å². The van der Waals surface area contributed by atoms with E-state index in [2.05, 4.69) is 34.4 Å². The van der Waals surface area contributed by atoms with E-state index >= 15 is 0 Å². The van der Waals surface area contributed by atoms with Crippen molar-refractivity contribution in [3.05, 3.63) is 48.3 Å². The van der Waals surface area contributed by atoms with Crippen LogP contribution in [0, 0.1) is 12.8 Å². The molecule has 6 nitrogen and oxygen atoms in total. The molecule has 0 spiro atoms. The Hall–Kier alpha value is -2.37. The lowest BCUT2D eigenvalue weighted by Crippen LogP contribution is -2.45. The van der Waals surface area contributed by atoms with Crippen molar-refractivity contribution in [2.75, 3.05) is 0 Å². The van der Waals surface area contributed by atoms with E-state index in [4.69, 9.17) is 0 Å². The quantitative estimate of drug-likeness (QED) is 0.861. The zero-order chi connectivity index (χ0) is 16.8. The van der Waals surface area contributed by atoms with E-state index in [9.17, 15) is 4.79 Å². The summed E-state index contributed by atoms with van der Waals surface area (Å²) in [5.41, 5.74) is 2.00. The lowest BCUT2D eigenvalue weighted by atomic mass is 9.97. The summed E-state index contributed by atoms with van der Waals surface area (Å²) < 4.78 is 1.94. The molecule has 0 saturated carbocycles. The molecule has 0 aromatic carbocycles. The molecule has 2 N–H and O–H groups in total. The van der Waals surface area contributed by atoms with E-state index in [0.29, 0.717) is 6.54 Å². The number of aromatic nitrogens is 3. The monoisotopic (exact) mass is 315 g/mol. The Kier molecular flexibility index (Phi) is 5.73. The van der Waals surface area contributed by atoms with Gasteiger partial charge in [-0.2, -0.15) is 0 Å². The molecule has 2 heterocycles. The van der Waals surface area contributed by atoms with Crippen molar-refractivity contribution in [1.82, 2.24) is 25.2 Å². The molecule has 2 aromatic heterocycles. The molecule has 23 heavy (non-hydrogen) atoms. The first kappa shape index (κ1) is 17.0. The summed E-state index contributed by atoms with van der Waals surface area (Å²) >= 11 is 0. The highest BCUT2D eigenvalue weighted by Gasteiger charge is 2.21. The number of hydrogen-bond acceptors (Lipinski definition) is 3. The molecule has 0 aliphatic heterocycles. The van der Waals surface area contributed by atoms with Crippen molar-refractivity contribution in [1.29, 1.82) is 0 Å². The third kappa shape index (κ3) is 4.81. The Morgan fingerprint density at radius 3 is 2.65 bits per heavy atom. The van der Waals surface area contributed by atoms with Crippen LogP contribution >= 0.6 is 0 Å². The van der Waals surface area contributed by atoms with Crippen LogP contribution in [0.4, 0.5) is 4.79 Å². The summed E-state index contributed by atoms with van der Waals surface area (Å²) in [6.07, 6.45) is 7.11. The molecule has 0 aliphatic rings. The van der Waals surface area contributed by atoms with Crippen LogP contribution in [0.15, 0.2) is 37.1 Å². The van der Waals surface area contributed by atoms with E-state index in [1.54, 1.807) is 18.7 Å². The summed E-state index contributed by atoms with van der Waals surface area (Å²) in [6, 6.07) is 3.63. The second kappa shape index (κ2) is 7.76. The Bertz CT molecular complexity index is 624. The Balaban J connectivity index is 1.97. The molecule has 0 fully saturated rings. The van der Waals surface area contributed by atoms with Gasteiger partial charge in [0.1, 0.15) is 0 Å². The molecule has 0 radical (unpaired) electrons. The topological polar surface area (TPSA) is 71.8 Å². The minimum Gasteiger partial charge on any atom is -0.335 e. The molecule has 2 atom stereocenters. The molecular weight excluding hydrogens is 290 g/mol. The zero-order valence-corrected chi connectivity index (χ0v) is 14.2. The molecule has 6 heteroatoms. The third-order valence-electron chi connectivity index (χ3n) is 3.72. The van der Waals surface area contributed by atoms with Crippen molar-refractivity contribution in [3.63, 3.8) is 0 Å². The number of pyridine rings is 1. The highest BCUT2D eigenvalue weighted by atomic mass is 16.2. The number of nitrogens with zero attached hydrogens (tertiary/aromatic N) is 3. The lowest BCUT2D eigenvalue weighted by Gasteiger charge is -2.25. The van der Waals surface area contributed by atoms with Crippen molar-refractivity contribution >= 4 is 6.03 Å². The summed E-state index contributed by atoms with van der Waals surface area (Å²) in [5.74, 6) is 0.248. The Morgan fingerprint density at radius 1 is 1.26 bits per heavy atom. The molecule has 2 amide bonds. The van der Waals surface area contributed by atoms with Gasteiger partial charge in [-0.3, -0.25) is 4.98 Å². The van der Waals surface area contributed by atoms with Gasteiger partial charge in [-0.05, 0) is 31.4 Å². The number of nitrogens with one attached hydrogen (secondary N) is 2. The fourth-order valence-electron chi connectivity index (χ4n) is 2.54. The van der Waals surface area contributed by atoms with E-state index in [1.165, 1.54) is 0 Å². The van der Waals surface area contributed by atoms with Gasteiger partial charge in [-0.25, -0.2) is 9.78 Å². The maximum atomic E-state index is 12.3. The van der Waals surface area contributed by atoms with Crippen molar-refractivity contribution < 1.29 is 4.79 Å². The molecule has 2 rings (SSSR count). The highest BCUT2D eigenvalue weighted by molar-refractivity contribution is 5.74. The van der Waals surface area contributed by atoms with Gasteiger partial charge in [0.2, 0.25) is 0 Å². The van der Waals surface area contributed by atoms with Crippen LogP contribution in [-0.4, -0.2) is 26.6 Å². The number of amides is 2. The highest BCUT2D eigenvalue weighted by Crippen LogP contribution is 2.22. The fourth-order valence-corrected chi connectivity index (χ4v) is 2.54. The molecule has 0 aliphatic carbocycles. The number of rotatable bonds is 6. The first-order valence-electron chi connectivity index (χ1n) is 7.91. The van der Waals surface area contributed by atoms with Crippen molar-refractivity contribution in [2.45, 2.75) is 46.3 Å². The van der Waals surface area contributed by atoms with Gasteiger partial charge in [0.15, 0.2) is 0 Å². The van der Waals surface area contributed by atoms with Crippen LogP contribution in [0.5, 0.6) is 0 Å². The Labute approximate surface area is 137 Å². The van der Waals surface area contributed by atoms with E-state index in [0.717, 1.165) is 11.3 Å².